The van der Waals surface area contributed by atoms with Crippen molar-refractivity contribution in [1.82, 2.24) is 15.3 Å². The largest absolute Gasteiger partial charge is 0.465 e. The van der Waals surface area contributed by atoms with E-state index in [1.165, 1.54) is 19.5 Å². The van der Waals surface area contributed by atoms with Crippen LogP contribution < -0.4 is 10.6 Å². The van der Waals surface area contributed by atoms with Gasteiger partial charge in [0.25, 0.3) is 5.91 Å². The quantitative estimate of drug-likeness (QED) is 0.540. The van der Waals surface area contributed by atoms with E-state index < -0.39 is 5.97 Å². The summed E-state index contributed by atoms with van der Waals surface area (Å²) in [7, 11) is 1.31. The fourth-order valence-electron chi connectivity index (χ4n) is 2.18. The minimum Gasteiger partial charge on any atom is -0.465 e. The summed E-state index contributed by atoms with van der Waals surface area (Å²) in [6, 6.07) is 4.71. The molecule has 1 amide bonds. The zero-order valence-electron chi connectivity index (χ0n) is 14.7. The van der Waals surface area contributed by atoms with Crippen molar-refractivity contribution in [2.45, 2.75) is 26.2 Å². The number of anilines is 2. The van der Waals surface area contributed by atoms with E-state index in [0.717, 1.165) is 19.3 Å². The van der Waals surface area contributed by atoms with Crippen molar-refractivity contribution >= 4 is 35.0 Å². The average molecular weight is 377 g/mol. The van der Waals surface area contributed by atoms with Crippen LogP contribution in [0.2, 0.25) is 5.02 Å². The number of hydrogen-bond acceptors (Lipinski definition) is 6. The van der Waals surface area contributed by atoms with Gasteiger partial charge in [0.15, 0.2) is 0 Å². The number of carbonyl (C=O) groups is 2. The Morgan fingerprint density at radius 1 is 1.19 bits per heavy atom. The Morgan fingerprint density at radius 2 is 2.00 bits per heavy atom. The van der Waals surface area contributed by atoms with Crippen LogP contribution in [0.4, 0.5) is 11.5 Å². The number of unbranched alkanes of at least 4 members (excludes halogenated alkanes) is 2. The molecule has 2 aromatic rings. The van der Waals surface area contributed by atoms with E-state index >= 15 is 0 Å². The number of rotatable bonds is 8. The number of nitrogens with one attached hydrogen (secondary N) is 2. The highest BCUT2D eigenvalue weighted by molar-refractivity contribution is 6.33. The van der Waals surface area contributed by atoms with E-state index in [-0.39, 0.29) is 11.6 Å². The third-order valence-corrected chi connectivity index (χ3v) is 3.93. The second-order valence-corrected chi connectivity index (χ2v) is 5.97. The molecule has 0 radical (unpaired) electrons. The van der Waals surface area contributed by atoms with Crippen molar-refractivity contribution in [1.29, 1.82) is 0 Å². The molecule has 7 nitrogen and oxygen atoms in total. The van der Waals surface area contributed by atoms with Crippen LogP contribution in [0, 0.1) is 0 Å². The number of esters is 1. The highest BCUT2D eigenvalue weighted by Crippen LogP contribution is 2.26. The predicted molar refractivity (Wildman–Crippen MR) is 100.0 cm³/mol. The number of hydrogen-bond donors (Lipinski definition) is 2. The number of aromatic nitrogens is 2. The highest BCUT2D eigenvalue weighted by atomic mass is 35.5. The zero-order chi connectivity index (χ0) is 18.9. The van der Waals surface area contributed by atoms with Gasteiger partial charge in [0.1, 0.15) is 11.5 Å². The Balaban J connectivity index is 2.03. The van der Waals surface area contributed by atoms with Crippen molar-refractivity contribution in [3.63, 3.8) is 0 Å². The van der Waals surface area contributed by atoms with Crippen LogP contribution in [0.1, 0.15) is 47.0 Å². The van der Waals surface area contributed by atoms with Gasteiger partial charge >= 0.3 is 5.97 Å². The number of methoxy groups -OCH3 is 1. The lowest BCUT2D eigenvalue weighted by Gasteiger charge is -2.09. The molecule has 0 aliphatic heterocycles. The topological polar surface area (TPSA) is 93.2 Å². The Labute approximate surface area is 157 Å². The summed E-state index contributed by atoms with van der Waals surface area (Å²) in [6.45, 7) is 2.72. The third-order valence-electron chi connectivity index (χ3n) is 3.60. The van der Waals surface area contributed by atoms with Crippen LogP contribution in [0.5, 0.6) is 0 Å². The van der Waals surface area contributed by atoms with E-state index in [2.05, 4.69) is 32.3 Å². The molecule has 0 unspecified atom stereocenters. The maximum absolute atomic E-state index is 12.0. The van der Waals surface area contributed by atoms with Crippen LogP contribution in [0.25, 0.3) is 0 Å². The minimum atomic E-state index is -0.467. The number of carbonyl (C=O) groups excluding carboxylic acids is 2. The van der Waals surface area contributed by atoms with Crippen LogP contribution in [-0.4, -0.2) is 35.5 Å². The Kier molecular flexibility index (Phi) is 7.35. The maximum Gasteiger partial charge on any atom is 0.337 e. The zero-order valence-corrected chi connectivity index (χ0v) is 15.5. The van der Waals surface area contributed by atoms with Gasteiger partial charge in [-0.3, -0.25) is 4.79 Å². The van der Waals surface area contributed by atoms with E-state index in [1.54, 1.807) is 18.2 Å². The van der Waals surface area contributed by atoms with Crippen molar-refractivity contribution < 1.29 is 14.3 Å². The molecular weight excluding hydrogens is 356 g/mol. The van der Waals surface area contributed by atoms with E-state index in [9.17, 15) is 9.59 Å². The lowest BCUT2D eigenvalue weighted by atomic mass is 10.2. The van der Waals surface area contributed by atoms with Crippen molar-refractivity contribution in [2.24, 2.45) is 0 Å². The second kappa shape index (κ2) is 9.72. The molecule has 26 heavy (non-hydrogen) atoms. The van der Waals surface area contributed by atoms with Crippen molar-refractivity contribution in [3.8, 4) is 0 Å². The number of amides is 1. The van der Waals surface area contributed by atoms with Gasteiger partial charge < -0.3 is 15.4 Å². The number of benzene rings is 1. The van der Waals surface area contributed by atoms with Gasteiger partial charge in [0.05, 0.1) is 35.8 Å². The molecule has 1 aromatic carbocycles. The summed E-state index contributed by atoms with van der Waals surface area (Å²) >= 11 is 6.13. The smallest absolute Gasteiger partial charge is 0.337 e. The molecule has 0 fully saturated rings. The Morgan fingerprint density at radius 3 is 2.65 bits per heavy atom. The standard InChI is InChI=1S/C18H21ClN4O3/c1-3-4-5-8-20-17(24)15-10-22-16(11-21-15)23-14-9-12(18(25)26-2)6-7-13(14)19/h6-7,9-11H,3-5,8H2,1-2H3,(H,20,24)(H,22,23). The van der Waals surface area contributed by atoms with Gasteiger partial charge in [-0.1, -0.05) is 31.4 Å². The summed E-state index contributed by atoms with van der Waals surface area (Å²) in [4.78, 5) is 31.9. The highest BCUT2D eigenvalue weighted by Gasteiger charge is 2.11. The predicted octanol–water partition coefficient (Wildman–Crippen LogP) is 3.58. The van der Waals surface area contributed by atoms with Crippen LogP contribution >= 0.6 is 11.6 Å². The molecule has 0 bridgehead atoms. The summed E-state index contributed by atoms with van der Waals surface area (Å²) in [5.74, 6) is -0.326. The molecule has 1 heterocycles. The minimum absolute atomic E-state index is 0.237. The average Bonchev–Trinajstić information content (AvgIpc) is 2.66. The first-order valence-corrected chi connectivity index (χ1v) is 8.68. The van der Waals surface area contributed by atoms with Crippen LogP contribution in [0.15, 0.2) is 30.6 Å². The Bertz CT molecular complexity index is 766. The van der Waals surface area contributed by atoms with Gasteiger partial charge in [-0.2, -0.15) is 0 Å². The van der Waals surface area contributed by atoms with Crippen LogP contribution in [0.3, 0.4) is 0 Å². The van der Waals surface area contributed by atoms with Crippen LogP contribution in [-0.2, 0) is 4.74 Å². The second-order valence-electron chi connectivity index (χ2n) is 5.56. The molecule has 0 saturated carbocycles. The first-order chi connectivity index (χ1) is 12.5. The lowest BCUT2D eigenvalue weighted by Crippen LogP contribution is -2.25. The van der Waals surface area contributed by atoms with Gasteiger partial charge in [-0.15, -0.1) is 0 Å². The fourth-order valence-corrected chi connectivity index (χ4v) is 2.35. The molecular formula is C18H21ClN4O3. The first-order valence-electron chi connectivity index (χ1n) is 8.30. The third kappa shape index (κ3) is 5.42. The molecule has 2 N–H and O–H groups in total. The number of ether oxygens (including phenoxy) is 1. The van der Waals surface area contributed by atoms with Crippen molar-refractivity contribution in [3.05, 3.63) is 46.9 Å². The Hall–Kier alpha value is -2.67. The summed E-state index contributed by atoms with van der Waals surface area (Å²) in [5.41, 5.74) is 1.08. The van der Waals surface area contributed by atoms with E-state index in [4.69, 9.17) is 11.6 Å². The van der Waals surface area contributed by atoms with E-state index in [0.29, 0.717) is 28.6 Å². The number of nitrogens with zero attached hydrogens (tertiary/aromatic N) is 2. The van der Waals surface area contributed by atoms with E-state index in [1.807, 2.05) is 0 Å². The van der Waals surface area contributed by atoms with Gasteiger partial charge in [-0.05, 0) is 24.6 Å². The van der Waals surface area contributed by atoms with Crippen molar-refractivity contribution in [2.75, 3.05) is 19.0 Å². The normalized spacial score (nSPS) is 10.3. The molecule has 1 aromatic heterocycles. The molecule has 0 aliphatic carbocycles. The summed E-state index contributed by atoms with van der Waals surface area (Å²) < 4.78 is 4.69. The van der Waals surface area contributed by atoms with Gasteiger partial charge in [-0.25, -0.2) is 14.8 Å². The summed E-state index contributed by atoms with van der Waals surface area (Å²) in [6.07, 6.45) is 5.91. The molecule has 0 spiro atoms. The van der Waals surface area contributed by atoms with Gasteiger partial charge in [0.2, 0.25) is 0 Å². The lowest BCUT2D eigenvalue weighted by molar-refractivity contribution is 0.0600. The molecule has 0 aliphatic rings. The van der Waals surface area contributed by atoms with Gasteiger partial charge in [0, 0.05) is 6.54 Å². The number of halogens is 1. The summed E-state index contributed by atoms with van der Waals surface area (Å²) in [5, 5.41) is 6.19. The molecule has 8 heteroatoms. The molecule has 0 saturated heterocycles. The molecule has 2 rings (SSSR count). The SMILES string of the molecule is CCCCCNC(=O)c1cnc(Nc2cc(C(=O)OC)ccc2Cl)cn1. The fraction of sp³-hybridized carbons (Fsp3) is 0.333. The molecule has 138 valence electrons. The maximum atomic E-state index is 12.0. The monoisotopic (exact) mass is 376 g/mol. The first kappa shape index (κ1) is 19.7. The molecule has 0 atom stereocenters.